The highest BCUT2D eigenvalue weighted by molar-refractivity contribution is 5.75. The molecule has 1 atom stereocenters. The number of hydrogen-bond donors (Lipinski definition) is 2. The fourth-order valence-electron chi connectivity index (χ4n) is 4.20. The van der Waals surface area contributed by atoms with E-state index in [1.807, 2.05) is 0 Å². The third-order valence-corrected chi connectivity index (χ3v) is 5.52. The minimum atomic E-state index is -0.857. The highest BCUT2D eigenvalue weighted by Gasteiger charge is 2.33. The van der Waals surface area contributed by atoms with E-state index in [0.717, 1.165) is 32.4 Å². The zero-order valence-corrected chi connectivity index (χ0v) is 13.8. The highest BCUT2D eigenvalue weighted by Crippen LogP contribution is 2.28. The molecule has 1 unspecified atom stereocenters. The Balaban J connectivity index is 1.48. The number of likely N-dealkylation sites (tertiary alicyclic amines) is 2. The summed E-state index contributed by atoms with van der Waals surface area (Å²) in [6.07, 6.45) is 1.60. The average Bonchev–Trinajstić information content (AvgIpc) is 3.20. The van der Waals surface area contributed by atoms with Crippen LogP contribution >= 0.6 is 0 Å². The minimum absolute atomic E-state index is 0.0382. The van der Waals surface area contributed by atoms with Crippen LogP contribution in [0.2, 0.25) is 0 Å². The number of imidazole rings is 1. The van der Waals surface area contributed by atoms with Crippen LogP contribution in [-0.2, 0) is 0 Å². The molecule has 25 heavy (non-hydrogen) atoms. The van der Waals surface area contributed by atoms with Gasteiger partial charge in [0.2, 0.25) is 0 Å². The van der Waals surface area contributed by atoms with Crippen LogP contribution in [0.4, 0.5) is 9.18 Å². The summed E-state index contributed by atoms with van der Waals surface area (Å²) in [7, 11) is 0. The van der Waals surface area contributed by atoms with Gasteiger partial charge in [-0.1, -0.05) is 6.07 Å². The monoisotopic (exact) mass is 348 g/mol. The van der Waals surface area contributed by atoms with Gasteiger partial charge in [0.25, 0.3) is 0 Å². The predicted molar refractivity (Wildman–Crippen MR) is 90.4 cm³/mol. The van der Waals surface area contributed by atoms with Gasteiger partial charge in [-0.3, -0.25) is 9.47 Å². The Morgan fingerprint density at radius 3 is 2.56 bits per heavy atom. The normalized spacial score (nSPS) is 22.8. The number of carbonyl (C=O) groups is 1. The average molecular weight is 348 g/mol. The van der Waals surface area contributed by atoms with Crippen LogP contribution in [0.5, 0.6) is 0 Å². The van der Waals surface area contributed by atoms with Gasteiger partial charge in [0.05, 0.1) is 5.52 Å². The number of hydrogen-bond acceptors (Lipinski definition) is 3. The van der Waals surface area contributed by atoms with Gasteiger partial charge in [-0.15, -0.1) is 0 Å². The molecular weight excluding hydrogens is 327 g/mol. The standard InChI is InChI=1S/C17H21FN4O3/c18-13-2-1-3-14-15(13)19-16(23)22(14)11-4-7-20(8-5-11)12-6-9-21(10-12)17(24)25/h1-3,11-12H,4-10H2,(H,19,23)(H,24,25). The third kappa shape index (κ3) is 2.80. The van der Waals surface area contributed by atoms with Gasteiger partial charge in [-0.05, 0) is 31.4 Å². The predicted octanol–water partition coefficient (Wildman–Crippen LogP) is 1.86. The topological polar surface area (TPSA) is 81.6 Å². The van der Waals surface area contributed by atoms with Crippen molar-refractivity contribution in [2.75, 3.05) is 26.2 Å². The van der Waals surface area contributed by atoms with E-state index >= 15 is 0 Å². The number of aromatic amines is 1. The summed E-state index contributed by atoms with van der Waals surface area (Å²) < 4.78 is 15.5. The van der Waals surface area contributed by atoms with Crippen LogP contribution in [0.25, 0.3) is 11.0 Å². The van der Waals surface area contributed by atoms with E-state index in [1.165, 1.54) is 11.0 Å². The Bertz CT molecular complexity index is 853. The Hall–Kier alpha value is -2.35. The molecule has 2 aliphatic heterocycles. The molecule has 2 saturated heterocycles. The maximum absolute atomic E-state index is 13.9. The lowest BCUT2D eigenvalue weighted by atomic mass is 10.0. The fourth-order valence-corrected chi connectivity index (χ4v) is 4.20. The van der Waals surface area contributed by atoms with Crippen molar-refractivity contribution in [1.82, 2.24) is 19.4 Å². The molecule has 1 amide bonds. The summed E-state index contributed by atoms with van der Waals surface area (Å²) in [5.74, 6) is -0.412. The third-order valence-electron chi connectivity index (χ3n) is 5.52. The van der Waals surface area contributed by atoms with Crippen LogP contribution in [0.3, 0.4) is 0 Å². The number of aromatic nitrogens is 2. The SMILES string of the molecule is O=C(O)N1CCC(N2CCC(n3c(=O)[nH]c4c(F)cccc43)CC2)C1. The van der Waals surface area contributed by atoms with Crippen molar-refractivity contribution in [3.05, 3.63) is 34.5 Å². The van der Waals surface area contributed by atoms with Gasteiger partial charge in [-0.25, -0.2) is 14.0 Å². The first kappa shape index (κ1) is 16.1. The number of rotatable bonds is 2. The number of carboxylic acid groups (broad SMARTS) is 1. The number of nitrogens with one attached hydrogen (secondary N) is 1. The lowest BCUT2D eigenvalue weighted by molar-refractivity contribution is 0.126. The maximum Gasteiger partial charge on any atom is 0.407 e. The molecule has 134 valence electrons. The summed E-state index contributed by atoms with van der Waals surface area (Å²) in [6.45, 7) is 2.77. The highest BCUT2D eigenvalue weighted by atomic mass is 19.1. The Morgan fingerprint density at radius 1 is 1.16 bits per heavy atom. The smallest absolute Gasteiger partial charge is 0.407 e. The van der Waals surface area contributed by atoms with Crippen LogP contribution in [0.1, 0.15) is 25.3 Å². The van der Waals surface area contributed by atoms with Crippen LogP contribution in [0, 0.1) is 5.82 Å². The zero-order valence-electron chi connectivity index (χ0n) is 13.8. The van der Waals surface area contributed by atoms with Crippen molar-refractivity contribution in [2.24, 2.45) is 0 Å². The van der Waals surface area contributed by atoms with Crippen molar-refractivity contribution in [3.8, 4) is 0 Å². The second-order valence-corrected chi connectivity index (χ2v) is 6.87. The van der Waals surface area contributed by atoms with E-state index < -0.39 is 11.9 Å². The molecule has 8 heteroatoms. The Kier molecular flexibility index (Phi) is 3.99. The number of fused-ring (bicyclic) bond motifs is 1. The quantitative estimate of drug-likeness (QED) is 0.868. The molecule has 0 radical (unpaired) electrons. The van der Waals surface area contributed by atoms with E-state index in [0.29, 0.717) is 18.6 Å². The molecule has 0 aliphatic carbocycles. The molecule has 7 nitrogen and oxygen atoms in total. The largest absolute Gasteiger partial charge is 0.465 e. The van der Waals surface area contributed by atoms with Crippen LogP contribution in [-0.4, -0.2) is 62.8 Å². The summed E-state index contributed by atoms with van der Waals surface area (Å²) in [5, 5.41) is 9.09. The first-order valence-electron chi connectivity index (χ1n) is 8.65. The molecule has 2 N–H and O–H groups in total. The van der Waals surface area contributed by atoms with Gasteiger partial charge < -0.3 is 15.0 Å². The molecule has 0 bridgehead atoms. The number of H-pyrrole nitrogens is 1. The summed E-state index contributed by atoms with van der Waals surface area (Å²) in [4.78, 5) is 29.8. The summed E-state index contributed by atoms with van der Waals surface area (Å²) in [6, 6.07) is 5.03. The number of halogens is 1. The molecule has 2 aromatic rings. The molecule has 0 saturated carbocycles. The van der Waals surface area contributed by atoms with Gasteiger partial charge in [0, 0.05) is 38.3 Å². The molecule has 3 heterocycles. The van der Waals surface area contributed by atoms with Gasteiger partial charge in [-0.2, -0.15) is 0 Å². The van der Waals surface area contributed by atoms with Crippen LogP contribution in [0.15, 0.2) is 23.0 Å². The lowest BCUT2D eigenvalue weighted by Crippen LogP contribution is -2.44. The lowest BCUT2D eigenvalue weighted by Gasteiger charge is -2.36. The molecular formula is C17H21FN4O3. The zero-order chi connectivity index (χ0) is 17.6. The van der Waals surface area contributed by atoms with Gasteiger partial charge in [0.1, 0.15) is 11.3 Å². The Labute approximate surface area is 143 Å². The Morgan fingerprint density at radius 2 is 1.88 bits per heavy atom. The van der Waals surface area contributed by atoms with Crippen LogP contribution < -0.4 is 5.69 Å². The number of nitrogens with zero attached hydrogens (tertiary/aromatic N) is 3. The van der Waals surface area contributed by atoms with E-state index in [1.54, 1.807) is 16.7 Å². The molecule has 0 spiro atoms. The van der Waals surface area contributed by atoms with E-state index in [2.05, 4.69) is 9.88 Å². The number of piperidine rings is 1. The van der Waals surface area contributed by atoms with E-state index in [9.17, 15) is 14.0 Å². The summed E-state index contributed by atoms with van der Waals surface area (Å²) in [5.41, 5.74) is 0.612. The van der Waals surface area contributed by atoms with Crippen molar-refractivity contribution in [2.45, 2.75) is 31.3 Å². The summed E-state index contributed by atoms with van der Waals surface area (Å²) >= 11 is 0. The van der Waals surface area contributed by atoms with Gasteiger partial charge >= 0.3 is 11.8 Å². The van der Waals surface area contributed by atoms with Crippen molar-refractivity contribution in [1.29, 1.82) is 0 Å². The van der Waals surface area contributed by atoms with Gasteiger partial charge in [0.15, 0.2) is 0 Å². The van der Waals surface area contributed by atoms with Crippen molar-refractivity contribution >= 4 is 17.1 Å². The van der Waals surface area contributed by atoms with E-state index in [-0.39, 0.29) is 23.3 Å². The van der Waals surface area contributed by atoms with E-state index in [4.69, 9.17) is 5.11 Å². The second-order valence-electron chi connectivity index (χ2n) is 6.87. The second kappa shape index (κ2) is 6.18. The molecule has 1 aromatic heterocycles. The van der Waals surface area contributed by atoms with Crippen molar-refractivity contribution in [3.63, 3.8) is 0 Å². The fraction of sp³-hybridized carbons (Fsp3) is 0.529. The minimum Gasteiger partial charge on any atom is -0.465 e. The molecule has 2 fully saturated rings. The number of para-hydroxylation sites is 1. The van der Waals surface area contributed by atoms with Crippen molar-refractivity contribution < 1.29 is 14.3 Å². The molecule has 1 aromatic carbocycles. The molecule has 4 rings (SSSR count). The first-order chi connectivity index (χ1) is 12.0. The molecule has 2 aliphatic rings. The first-order valence-corrected chi connectivity index (χ1v) is 8.65. The number of benzene rings is 1. The number of amides is 1. The maximum atomic E-state index is 13.9.